The van der Waals surface area contributed by atoms with Crippen LogP contribution in [0.1, 0.15) is 29.3 Å². The van der Waals surface area contributed by atoms with Crippen molar-refractivity contribution in [2.75, 3.05) is 28.4 Å². The third-order valence-corrected chi connectivity index (χ3v) is 7.43. The van der Waals surface area contributed by atoms with Crippen molar-refractivity contribution < 1.29 is 23.7 Å². The second kappa shape index (κ2) is 9.71. The summed E-state index contributed by atoms with van der Waals surface area (Å²) in [6.07, 6.45) is 3.14. The second-order valence-electron chi connectivity index (χ2n) is 9.18. The van der Waals surface area contributed by atoms with Gasteiger partial charge in [-0.25, -0.2) is 4.68 Å². The van der Waals surface area contributed by atoms with Gasteiger partial charge >= 0.3 is 0 Å². The summed E-state index contributed by atoms with van der Waals surface area (Å²) >= 11 is 0. The first-order valence-electron chi connectivity index (χ1n) is 11.4. The van der Waals surface area contributed by atoms with Crippen LogP contribution in [0.25, 0.3) is 11.1 Å². The Labute approximate surface area is 205 Å². The van der Waals surface area contributed by atoms with E-state index in [0.717, 1.165) is 27.9 Å². The van der Waals surface area contributed by atoms with E-state index in [0.29, 0.717) is 36.1 Å². The van der Waals surface area contributed by atoms with E-state index in [1.54, 1.807) is 38.1 Å². The summed E-state index contributed by atoms with van der Waals surface area (Å²) in [6.45, 7) is 3.74. The molecule has 4 rings (SSSR count). The fraction of sp³-hybridized carbons (Fsp3) is 0.400. The summed E-state index contributed by atoms with van der Waals surface area (Å²) in [5, 5.41) is 8.70. The predicted octanol–water partition coefficient (Wildman–Crippen LogP) is 3.15. The molecule has 35 heavy (non-hydrogen) atoms. The van der Waals surface area contributed by atoms with Crippen molar-refractivity contribution in [3.05, 3.63) is 57.5 Å². The molecular weight excluding hydrogens is 466 g/mol. The molecule has 1 aliphatic carbocycles. The van der Waals surface area contributed by atoms with E-state index in [1.807, 2.05) is 31.4 Å². The van der Waals surface area contributed by atoms with Gasteiger partial charge in [0.1, 0.15) is 0 Å². The minimum absolute atomic E-state index is 0.223. The molecule has 0 bridgehead atoms. The van der Waals surface area contributed by atoms with Crippen molar-refractivity contribution in [1.82, 2.24) is 15.0 Å². The Morgan fingerprint density at radius 3 is 2.34 bits per heavy atom. The molecule has 2 aromatic carbocycles. The molecule has 9 nitrogen and oxygen atoms in total. The molecule has 0 fully saturated rings. The van der Waals surface area contributed by atoms with Crippen molar-refractivity contribution in [3.8, 4) is 34.1 Å². The van der Waals surface area contributed by atoms with Gasteiger partial charge in [-0.15, -0.1) is 5.10 Å². The van der Waals surface area contributed by atoms with Gasteiger partial charge in [-0.05, 0) is 60.8 Å². The van der Waals surface area contributed by atoms with Gasteiger partial charge in [0.05, 0.1) is 40.2 Å². The average molecular weight is 498 g/mol. The number of methoxy groups -OCH3 is 4. The van der Waals surface area contributed by atoms with Gasteiger partial charge < -0.3 is 23.7 Å². The molecule has 1 aliphatic rings. The van der Waals surface area contributed by atoms with Crippen LogP contribution in [0.3, 0.4) is 0 Å². The maximum atomic E-state index is 13.0. The largest absolute Gasteiger partial charge is 0.493 e. The number of benzene rings is 1. The van der Waals surface area contributed by atoms with Crippen LogP contribution in [0, 0.1) is 0 Å². The van der Waals surface area contributed by atoms with E-state index < -0.39 is 8.32 Å². The van der Waals surface area contributed by atoms with Crippen LogP contribution >= 0.6 is 0 Å². The maximum absolute atomic E-state index is 13.0. The Bertz CT molecular complexity index is 1300. The first-order valence-corrected chi connectivity index (χ1v) is 14.5. The van der Waals surface area contributed by atoms with Crippen molar-refractivity contribution in [1.29, 1.82) is 0 Å². The topological polar surface area (TPSA) is 105 Å². The third-order valence-electron chi connectivity index (χ3n) is 6.20. The standard InChI is InChI=1S/C25H31N3O6Si/c1-31-22-10-8-16-18-12-23(32-2)25(34-4)24(33-3)17(18)7-9-20(19(16)11-21(22)29)28-13-15(26-27-28)14-35(5,6)30/h8,10-13,20,30H,7,9,14H2,1-6H3/t20-/m0/s1. The molecule has 3 aromatic rings. The van der Waals surface area contributed by atoms with Gasteiger partial charge in [-0.3, -0.25) is 4.79 Å². The van der Waals surface area contributed by atoms with E-state index in [4.69, 9.17) is 18.9 Å². The monoisotopic (exact) mass is 497 g/mol. The number of rotatable bonds is 7. The zero-order valence-corrected chi connectivity index (χ0v) is 21.9. The van der Waals surface area contributed by atoms with Gasteiger partial charge in [-0.2, -0.15) is 0 Å². The fourth-order valence-electron chi connectivity index (χ4n) is 4.72. The lowest BCUT2D eigenvalue weighted by Crippen LogP contribution is -2.28. The molecule has 1 N–H and O–H groups in total. The quantitative estimate of drug-likeness (QED) is 0.497. The summed E-state index contributed by atoms with van der Waals surface area (Å²) in [5.74, 6) is 1.90. The molecule has 0 aliphatic heterocycles. The highest BCUT2D eigenvalue weighted by molar-refractivity contribution is 6.69. The van der Waals surface area contributed by atoms with Crippen molar-refractivity contribution >= 4 is 8.32 Å². The van der Waals surface area contributed by atoms with Gasteiger partial charge in [0.15, 0.2) is 25.6 Å². The Kier molecular flexibility index (Phi) is 6.86. The summed E-state index contributed by atoms with van der Waals surface area (Å²) in [6, 6.07) is 7.33. The van der Waals surface area contributed by atoms with Gasteiger partial charge in [0.25, 0.3) is 0 Å². The van der Waals surface area contributed by atoms with E-state index in [2.05, 4.69) is 10.3 Å². The van der Waals surface area contributed by atoms with E-state index in [1.165, 1.54) is 7.11 Å². The number of ether oxygens (including phenoxy) is 4. The van der Waals surface area contributed by atoms with Crippen molar-refractivity contribution in [2.24, 2.45) is 0 Å². The number of fused-ring (bicyclic) bond motifs is 3. The summed E-state index contributed by atoms with van der Waals surface area (Å²) in [5.41, 5.74) is 3.99. The zero-order valence-electron chi connectivity index (χ0n) is 20.9. The maximum Gasteiger partial charge on any atom is 0.220 e. The molecule has 0 saturated heterocycles. The Morgan fingerprint density at radius 2 is 1.71 bits per heavy atom. The molecule has 10 heteroatoms. The smallest absolute Gasteiger partial charge is 0.220 e. The first kappa shape index (κ1) is 24.7. The Hall–Kier alpha value is -3.37. The molecule has 0 spiro atoms. The minimum atomic E-state index is -2.36. The number of aromatic nitrogens is 3. The van der Waals surface area contributed by atoms with Crippen LogP contribution < -0.4 is 24.4 Å². The molecule has 0 radical (unpaired) electrons. The van der Waals surface area contributed by atoms with Crippen LogP contribution in [-0.4, -0.2) is 56.5 Å². The highest BCUT2D eigenvalue weighted by Crippen LogP contribution is 2.49. The molecule has 0 saturated carbocycles. The lowest BCUT2D eigenvalue weighted by molar-refractivity contribution is 0.322. The van der Waals surface area contributed by atoms with Gasteiger partial charge in [-0.1, -0.05) is 11.3 Å². The van der Waals surface area contributed by atoms with Crippen LogP contribution in [0.2, 0.25) is 13.1 Å². The van der Waals surface area contributed by atoms with E-state index in [9.17, 15) is 9.59 Å². The van der Waals surface area contributed by atoms with Crippen molar-refractivity contribution in [2.45, 2.75) is 38.0 Å². The summed E-state index contributed by atoms with van der Waals surface area (Å²) in [7, 11) is 3.89. The predicted molar refractivity (Wildman–Crippen MR) is 134 cm³/mol. The minimum Gasteiger partial charge on any atom is -0.493 e. The second-order valence-corrected chi connectivity index (χ2v) is 13.2. The lowest BCUT2D eigenvalue weighted by Gasteiger charge is -2.18. The molecular formula is C25H31N3O6Si. The normalized spacial score (nSPS) is 15.0. The molecule has 186 valence electrons. The SMILES string of the molecule is COc1cc2c(c(OC)c1OC)CC[C@H](n1cc(C[Si](C)(C)O)nn1)c1cc(=O)c(OC)ccc1-2. The van der Waals surface area contributed by atoms with Crippen LogP contribution in [0.15, 0.2) is 35.3 Å². The fourth-order valence-corrected chi connectivity index (χ4v) is 5.77. The van der Waals surface area contributed by atoms with E-state index >= 15 is 0 Å². The third kappa shape index (κ3) is 4.76. The summed E-state index contributed by atoms with van der Waals surface area (Å²) in [4.78, 5) is 23.4. The molecule has 1 atom stereocenters. The molecule has 0 amide bonds. The molecule has 1 aromatic heterocycles. The highest BCUT2D eigenvalue weighted by atomic mass is 28.4. The number of hydrogen-bond donors (Lipinski definition) is 1. The van der Waals surface area contributed by atoms with Crippen LogP contribution in [0.5, 0.6) is 23.0 Å². The first-order chi connectivity index (χ1) is 16.7. The zero-order chi connectivity index (χ0) is 25.3. The highest BCUT2D eigenvalue weighted by Gasteiger charge is 2.30. The molecule has 0 unspecified atom stereocenters. The van der Waals surface area contributed by atoms with Crippen LogP contribution in [-0.2, 0) is 12.5 Å². The lowest BCUT2D eigenvalue weighted by atomic mass is 9.96. The van der Waals surface area contributed by atoms with E-state index in [-0.39, 0.29) is 17.2 Å². The van der Waals surface area contributed by atoms with Crippen LogP contribution in [0.4, 0.5) is 0 Å². The Morgan fingerprint density at radius 1 is 1.00 bits per heavy atom. The van der Waals surface area contributed by atoms with Gasteiger partial charge in [0.2, 0.25) is 11.2 Å². The summed E-state index contributed by atoms with van der Waals surface area (Å²) < 4.78 is 24.1. The number of hydrogen-bond acceptors (Lipinski definition) is 8. The Balaban J connectivity index is 1.98. The van der Waals surface area contributed by atoms with Crippen molar-refractivity contribution in [3.63, 3.8) is 0 Å². The van der Waals surface area contributed by atoms with Gasteiger partial charge in [0, 0.05) is 17.8 Å². The average Bonchev–Trinajstić information content (AvgIpc) is 3.12. The number of nitrogens with zero attached hydrogens (tertiary/aromatic N) is 3. The molecule has 1 heterocycles.